The van der Waals surface area contributed by atoms with Crippen molar-refractivity contribution in [2.24, 2.45) is 0 Å². The van der Waals surface area contributed by atoms with Crippen molar-refractivity contribution >= 4 is 28.2 Å². The Labute approximate surface area is 198 Å². The Morgan fingerprint density at radius 1 is 1.00 bits per heavy atom. The monoisotopic (exact) mass is 460 g/mol. The maximum atomic E-state index is 5.97. The largest absolute Gasteiger partial charge is 0.493 e. The third kappa shape index (κ3) is 4.89. The van der Waals surface area contributed by atoms with Crippen molar-refractivity contribution in [2.45, 2.75) is 20.1 Å². The minimum absolute atomic E-state index is 0.429. The van der Waals surface area contributed by atoms with Crippen LogP contribution in [0.1, 0.15) is 12.5 Å². The fourth-order valence-corrected chi connectivity index (χ4v) is 3.87. The Morgan fingerprint density at radius 3 is 2.62 bits per heavy atom. The fourth-order valence-electron chi connectivity index (χ4n) is 3.87. The second kappa shape index (κ2) is 9.96. The summed E-state index contributed by atoms with van der Waals surface area (Å²) in [7, 11) is 1.64. The Morgan fingerprint density at radius 2 is 1.82 bits per heavy atom. The third-order valence-corrected chi connectivity index (χ3v) is 5.72. The van der Waals surface area contributed by atoms with Gasteiger partial charge in [0.1, 0.15) is 12.4 Å². The molecular formula is C25H28N6O3. The molecule has 0 unspecified atom stereocenters. The van der Waals surface area contributed by atoms with E-state index in [1.807, 2.05) is 59.7 Å². The van der Waals surface area contributed by atoms with Gasteiger partial charge < -0.3 is 24.4 Å². The van der Waals surface area contributed by atoms with Gasteiger partial charge in [-0.25, -0.2) is 4.98 Å². The minimum atomic E-state index is 0.429. The molecule has 0 bridgehead atoms. The standard InChI is InChI=1S/C25H28N6O3/c1-3-31-16-18(14-27-31)17-34-23-7-5-20(13-24(23)32-2)28-19-4-6-21-22(12-19)29-25(15-26-21)30-8-10-33-11-9-30/h4-7,12-16,28H,3,8-11,17H2,1-2H3. The number of hydrogen-bond acceptors (Lipinski definition) is 8. The number of aromatic nitrogens is 4. The van der Waals surface area contributed by atoms with E-state index in [1.165, 1.54) is 0 Å². The maximum Gasteiger partial charge on any atom is 0.162 e. The number of ether oxygens (including phenoxy) is 3. The Kier molecular flexibility index (Phi) is 6.44. The zero-order valence-corrected chi connectivity index (χ0v) is 19.4. The van der Waals surface area contributed by atoms with E-state index in [0.717, 1.165) is 53.4 Å². The van der Waals surface area contributed by atoms with Crippen LogP contribution in [0.2, 0.25) is 0 Å². The highest BCUT2D eigenvalue weighted by Crippen LogP contribution is 2.32. The first-order valence-corrected chi connectivity index (χ1v) is 11.4. The van der Waals surface area contributed by atoms with Crippen LogP contribution in [0.15, 0.2) is 55.0 Å². The van der Waals surface area contributed by atoms with E-state index in [2.05, 4.69) is 27.2 Å². The van der Waals surface area contributed by atoms with E-state index in [-0.39, 0.29) is 0 Å². The lowest BCUT2D eigenvalue weighted by Crippen LogP contribution is -2.36. The lowest BCUT2D eigenvalue weighted by atomic mass is 10.2. The molecule has 0 saturated carbocycles. The average Bonchev–Trinajstić information content (AvgIpc) is 3.36. The highest BCUT2D eigenvalue weighted by atomic mass is 16.5. The molecule has 0 atom stereocenters. The summed E-state index contributed by atoms with van der Waals surface area (Å²) in [5.41, 5.74) is 4.52. The number of hydrogen-bond donors (Lipinski definition) is 1. The Hall–Kier alpha value is -3.85. The van der Waals surface area contributed by atoms with E-state index in [4.69, 9.17) is 19.2 Å². The van der Waals surface area contributed by atoms with Gasteiger partial charge >= 0.3 is 0 Å². The molecule has 2 aromatic carbocycles. The fraction of sp³-hybridized carbons (Fsp3) is 0.320. The molecule has 1 saturated heterocycles. The number of benzene rings is 2. The zero-order valence-electron chi connectivity index (χ0n) is 19.4. The molecule has 1 aliphatic rings. The predicted molar refractivity (Wildman–Crippen MR) is 131 cm³/mol. The van der Waals surface area contributed by atoms with Crippen LogP contribution in [0.25, 0.3) is 11.0 Å². The number of fused-ring (bicyclic) bond motifs is 1. The van der Waals surface area contributed by atoms with Gasteiger partial charge in [0.2, 0.25) is 0 Å². The summed E-state index contributed by atoms with van der Waals surface area (Å²) in [6, 6.07) is 11.8. The van der Waals surface area contributed by atoms with E-state index in [1.54, 1.807) is 7.11 Å². The first-order valence-electron chi connectivity index (χ1n) is 11.4. The first kappa shape index (κ1) is 22.0. The van der Waals surface area contributed by atoms with Crippen LogP contribution in [0.5, 0.6) is 11.5 Å². The second-order valence-electron chi connectivity index (χ2n) is 8.01. The quantitative estimate of drug-likeness (QED) is 0.422. The van der Waals surface area contributed by atoms with Crippen LogP contribution in [0.3, 0.4) is 0 Å². The SMILES string of the molecule is CCn1cc(COc2ccc(Nc3ccc4ncc(N5CCOCC5)nc4c3)cc2OC)cn1. The molecule has 0 spiro atoms. The molecule has 0 radical (unpaired) electrons. The van der Waals surface area contributed by atoms with Crippen LogP contribution >= 0.6 is 0 Å². The molecule has 0 aliphatic carbocycles. The van der Waals surface area contributed by atoms with Gasteiger partial charge in [-0.3, -0.25) is 9.67 Å². The first-order chi connectivity index (χ1) is 16.7. The van der Waals surface area contributed by atoms with Gasteiger partial charge in [0.05, 0.1) is 43.8 Å². The van der Waals surface area contributed by atoms with Gasteiger partial charge in [-0.05, 0) is 37.3 Å². The average molecular weight is 461 g/mol. The van der Waals surface area contributed by atoms with Crippen LogP contribution in [-0.2, 0) is 17.9 Å². The molecule has 9 heteroatoms. The van der Waals surface area contributed by atoms with Gasteiger partial charge in [-0.15, -0.1) is 0 Å². The van der Waals surface area contributed by atoms with E-state index < -0.39 is 0 Å². The van der Waals surface area contributed by atoms with Crippen molar-refractivity contribution in [3.63, 3.8) is 0 Å². The number of nitrogens with zero attached hydrogens (tertiary/aromatic N) is 5. The number of aryl methyl sites for hydroxylation is 1. The van der Waals surface area contributed by atoms with Crippen molar-refractivity contribution in [3.05, 3.63) is 60.6 Å². The number of anilines is 3. The summed E-state index contributed by atoms with van der Waals surface area (Å²) in [6.07, 6.45) is 5.63. The Balaban J connectivity index is 1.31. The number of rotatable bonds is 8. The summed E-state index contributed by atoms with van der Waals surface area (Å²) in [4.78, 5) is 11.6. The highest BCUT2D eigenvalue weighted by Gasteiger charge is 2.14. The zero-order chi connectivity index (χ0) is 23.3. The highest BCUT2D eigenvalue weighted by molar-refractivity contribution is 5.81. The van der Waals surface area contributed by atoms with Gasteiger partial charge in [-0.2, -0.15) is 5.10 Å². The van der Waals surface area contributed by atoms with Crippen molar-refractivity contribution in [1.82, 2.24) is 19.7 Å². The maximum absolute atomic E-state index is 5.97. The molecule has 9 nitrogen and oxygen atoms in total. The molecule has 2 aromatic heterocycles. The second-order valence-corrected chi connectivity index (χ2v) is 8.01. The van der Waals surface area contributed by atoms with Gasteiger partial charge in [0.15, 0.2) is 11.5 Å². The van der Waals surface area contributed by atoms with Gasteiger partial charge in [0.25, 0.3) is 0 Å². The Bertz CT molecular complexity index is 1270. The number of methoxy groups -OCH3 is 1. The van der Waals surface area contributed by atoms with Crippen molar-refractivity contribution in [3.8, 4) is 11.5 Å². The summed E-state index contributed by atoms with van der Waals surface area (Å²) in [5, 5.41) is 7.71. The van der Waals surface area contributed by atoms with Crippen molar-refractivity contribution < 1.29 is 14.2 Å². The minimum Gasteiger partial charge on any atom is -0.493 e. The van der Waals surface area contributed by atoms with Crippen molar-refractivity contribution in [2.75, 3.05) is 43.6 Å². The summed E-state index contributed by atoms with van der Waals surface area (Å²) in [5.74, 6) is 2.21. The van der Waals surface area contributed by atoms with Gasteiger partial charge in [0, 0.05) is 48.8 Å². The molecule has 1 N–H and O–H groups in total. The summed E-state index contributed by atoms with van der Waals surface area (Å²) < 4.78 is 18.9. The van der Waals surface area contributed by atoms with Crippen LogP contribution in [0, 0.1) is 0 Å². The molecule has 3 heterocycles. The lowest BCUT2D eigenvalue weighted by molar-refractivity contribution is 0.122. The molecule has 34 heavy (non-hydrogen) atoms. The predicted octanol–water partition coefficient (Wildman–Crippen LogP) is 4.01. The molecular weight excluding hydrogens is 432 g/mol. The lowest BCUT2D eigenvalue weighted by Gasteiger charge is -2.27. The van der Waals surface area contributed by atoms with E-state index in [0.29, 0.717) is 31.3 Å². The molecule has 176 valence electrons. The number of nitrogens with one attached hydrogen (secondary N) is 1. The molecule has 4 aromatic rings. The van der Waals surface area contributed by atoms with Crippen LogP contribution < -0.4 is 19.7 Å². The van der Waals surface area contributed by atoms with Crippen molar-refractivity contribution in [1.29, 1.82) is 0 Å². The van der Waals surface area contributed by atoms with Gasteiger partial charge in [-0.1, -0.05) is 0 Å². The van der Waals surface area contributed by atoms with E-state index in [9.17, 15) is 0 Å². The molecule has 1 fully saturated rings. The molecule has 1 aliphatic heterocycles. The normalized spacial score (nSPS) is 13.8. The van der Waals surface area contributed by atoms with Crippen LogP contribution in [-0.4, -0.2) is 53.2 Å². The van der Waals surface area contributed by atoms with E-state index >= 15 is 0 Å². The number of morpholine rings is 1. The third-order valence-electron chi connectivity index (χ3n) is 5.72. The van der Waals surface area contributed by atoms with Crippen LogP contribution in [0.4, 0.5) is 17.2 Å². The summed E-state index contributed by atoms with van der Waals surface area (Å²) in [6.45, 7) is 6.39. The molecule has 0 amide bonds. The topological polar surface area (TPSA) is 86.6 Å². The smallest absolute Gasteiger partial charge is 0.162 e. The summed E-state index contributed by atoms with van der Waals surface area (Å²) >= 11 is 0. The molecule has 5 rings (SSSR count).